The molecule has 2 aromatic rings. The maximum Gasteiger partial charge on any atom is 0.125 e. The first-order chi connectivity index (χ1) is 7.79. The van der Waals surface area contributed by atoms with Gasteiger partial charge in [0.25, 0.3) is 0 Å². The number of rotatable bonds is 3. The standard InChI is InChI=1S/C12H13N3S/c1-16-11-5-3-2-4-10(11)15-9-6-7-14-12(13)8-9/h2-8H,1H3,(H3,13,14,15). The smallest absolute Gasteiger partial charge is 0.125 e. The fourth-order valence-electron chi connectivity index (χ4n) is 1.43. The highest BCUT2D eigenvalue weighted by Gasteiger charge is 2.00. The quantitative estimate of drug-likeness (QED) is 0.797. The molecule has 1 aromatic carbocycles. The predicted molar refractivity (Wildman–Crippen MR) is 70.2 cm³/mol. The Bertz CT molecular complexity index is 485. The van der Waals surface area contributed by atoms with Gasteiger partial charge >= 0.3 is 0 Å². The summed E-state index contributed by atoms with van der Waals surface area (Å²) in [6.45, 7) is 0. The number of benzene rings is 1. The molecule has 0 aliphatic heterocycles. The average Bonchev–Trinajstić information content (AvgIpc) is 2.30. The zero-order chi connectivity index (χ0) is 11.4. The Hall–Kier alpha value is -1.68. The van der Waals surface area contributed by atoms with Crippen LogP contribution >= 0.6 is 11.8 Å². The first-order valence-corrected chi connectivity index (χ1v) is 6.13. The molecule has 0 saturated heterocycles. The normalized spacial score (nSPS) is 10.1. The summed E-state index contributed by atoms with van der Waals surface area (Å²) >= 11 is 1.71. The van der Waals surface area contributed by atoms with E-state index >= 15 is 0 Å². The molecule has 0 saturated carbocycles. The first-order valence-electron chi connectivity index (χ1n) is 4.91. The lowest BCUT2D eigenvalue weighted by Crippen LogP contribution is -1.95. The average molecular weight is 231 g/mol. The highest BCUT2D eigenvalue weighted by molar-refractivity contribution is 7.98. The van der Waals surface area contributed by atoms with Crippen LogP contribution in [0.5, 0.6) is 0 Å². The van der Waals surface area contributed by atoms with E-state index in [-0.39, 0.29) is 0 Å². The van der Waals surface area contributed by atoms with E-state index in [9.17, 15) is 0 Å². The van der Waals surface area contributed by atoms with Gasteiger partial charge in [0.05, 0.1) is 5.69 Å². The number of nitrogen functional groups attached to an aromatic ring is 1. The second-order valence-corrected chi connectivity index (χ2v) is 4.14. The highest BCUT2D eigenvalue weighted by Crippen LogP contribution is 2.27. The topological polar surface area (TPSA) is 50.9 Å². The van der Waals surface area contributed by atoms with Gasteiger partial charge in [0.15, 0.2) is 0 Å². The molecule has 0 aliphatic rings. The van der Waals surface area contributed by atoms with Crippen molar-refractivity contribution in [1.82, 2.24) is 4.98 Å². The van der Waals surface area contributed by atoms with Crippen molar-refractivity contribution in [3.8, 4) is 0 Å². The van der Waals surface area contributed by atoms with Crippen molar-refractivity contribution in [3.63, 3.8) is 0 Å². The van der Waals surface area contributed by atoms with Crippen LogP contribution in [-0.4, -0.2) is 11.2 Å². The van der Waals surface area contributed by atoms with Gasteiger partial charge in [-0.15, -0.1) is 11.8 Å². The zero-order valence-corrected chi connectivity index (χ0v) is 9.79. The summed E-state index contributed by atoms with van der Waals surface area (Å²) in [6.07, 6.45) is 3.75. The van der Waals surface area contributed by atoms with Crippen molar-refractivity contribution >= 4 is 29.0 Å². The van der Waals surface area contributed by atoms with Crippen molar-refractivity contribution in [2.75, 3.05) is 17.3 Å². The number of nitrogens with two attached hydrogens (primary N) is 1. The molecule has 16 heavy (non-hydrogen) atoms. The number of para-hydroxylation sites is 1. The van der Waals surface area contributed by atoms with Gasteiger partial charge in [-0.3, -0.25) is 0 Å². The number of anilines is 3. The SMILES string of the molecule is CSc1ccccc1Nc1ccnc(N)c1. The van der Waals surface area contributed by atoms with Gasteiger partial charge < -0.3 is 11.1 Å². The molecule has 82 valence electrons. The maximum absolute atomic E-state index is 5.63. The number of thioether (sulfide) groups is 1. The van der Waals surface area contributed by atoms with Crippen molar-refractivity contribution in [3.05, 3.63) is 42.6 Å². The molecule has 1 aromatic heterocycles. The predicted octanol–water partition coefficient (Wildman–Crippen LogP) is 3.13. The molecule has 0 bridgehead atoms. The summed E-state index contributed by atoms with van der Waals surface area (Å²) in [6, 6.07) is 11.9. The number of hydrogen-bond donors (Lipinski definition) is 2. The van der Waals surface area contributed by atoms with E-state index in [1.165, 1.54) is 4.90 Å². The van der Waals surface area contributed by atoms with Gasteiger partial charge in [0.1, 0.15) is 5.82 Å². The largest absolute Gasteiger partial charge is 0.384 e. The second kappa shape index (κ2) is 4.90. The summed E-state index contributed by atoms with van der Waals surface area (Å²) in [5.41, 5.74) is 7.66. The summed E-state index contributed by atoms with van der Waals surface area (Å²) in [4.78, 5) is 5.16. The van der Waals surface area contributed by atoms with E-state index in [1.54, 1.807) is 18.0 Å². The molecule has 3 nitrogen and oxygen atoms in total. The highest BCUT2D eigenvalue weighted by atomic mass is 32.2. The Morgan fingerprint density at radius 1 is 1.25 bits per heavy atom. The van der Waals surface area contributed by atoms with E-state index in [0.717, 1.165) is 11.4 Å². The molecule has 0 atom stereocenters. The monoisotopic (exact) mass is 231 g/mol. The van der Waals surface area contributed by atoms with Crippen LogP contribution < -0.4 is 11.1 Å². The van der Waals surface area contributed by atoms with Gasteiger partial charge in [0, 0.05) is 22.8 Å². The molecule has 0 amide bonds. The van der Waals surface area contributed by atoms with Crippen molar-refractivity contribution in [2.24, 2.45) is 0 Å². The Balaban J connectivity index is 2.26. The second-order valence-electron chi connectivity index (χ2n) is 3.29. The van der Waals surface area contributed by atoms with Gasteiger partial charge in [-0.1, -0.05) is 12.1 Å². The lowest BCUT2D eigenvalue weighted by molar-refractivity contribution is 1.32. The van der Waals surface area contributed by atoms with Crippen molar-refractivity contribution in [1.29, 1.82) is 0 Å². The number of aromatic nitrogens is 1. The van der Waals surface area contributed by atoms with E-state index in [4.69, 9.17) is 5.73 Å². The third kappa shape index (κ3) is 2.46. The van der Waals surface area contributed by atoms with Crippen molar-refractivity contribution in [2.45, 2.75) is 4.90 Å². The number of pyridine rings is 1. The Morgan fingerprint density at radius 3 is 2.81 bits per heavy atom. The fraction of sp³-hybridized carbons (Fsp3) is 0.0833. The molecular formula is C12H13N3S. The first kappa shape index (κ1) is 10.8. The van der Waals surface area contributed by atoms with Crippen LogP contribution in [0.1, 0.15) is 0 Å². The Labute approximate surface area is 99.1 Å². The molecule has 4 heteroatoms. The van der Waals surface area contributed by atoms with Crippen LogP contribution in [0.4, 0.5) is 17.2 Å². The molecule has 0 radical (unpaired) electrons. The van der Waals surface area contributed by atoms with E-state index < -0.39 is 0 Å². The lowest BCUT2D eigenvalue weighted by Gasteiger charge is -2.10. The van der Waals surface area contributed by atoms with Crippen LogP contribution in [0.15, 0.2) is 47.5 Å². The summed E-state index contributed by atoms with van der Waals surface area (Å²) in [5.74, 6) is 0.520. The molecule has 0 aliphatic carbocycles. The van der Waals surface area contributed by atoms with E-state index in [0.29, 0.717) is 5.82 Å². The number of hydrogen-bond acceptors (Lipinski definition) is 4. The maximum atomic E-state index is 5.63. The van der Waals surface area contributed by atoms with Gasteiger partial charge in [-0.25, -0.2) is 4.98 Å². The third-order valence-electron chi connectivity index (χ3n) is 2.17. The molecule has 0 fully saturated rings. The zero-order valence-electron chi connectivity index (χ0n) is 8.97. The summed E-state index contributed by atoms with van der Waals surface area (Å²) in [5, 5.41) is 3.32. The van der Waals surface area contributed by atoms with Crippen LogP contribution in [0, 0.1) is 0 Å². The number of nitrogens with one attached hydrogen (secondary N) is 1. The third-order valence-corrected chi connectivity index (χ3v) is 2.96. The minimum Gasteiger partial charge on any atom is -0.384 e. The van der Waals surface area contributed by atoms with Gasteiger partial charge in [-0.05, 0) is 24.5 Å². The van der Waals surface area contributed by atoms with Gasteiger partial charge in [-0.2, -0.15) is 0 Å². The Kier molecular flexibility index (Phi) is 3.31. The molecule has 0 unspecified atom stereocenters. The van der Waals surface area contributed by atoms with Gasteiger partial charge in [0.2, 0.25) is 0 Å². The summed E-state index contributed by atoms with van der Waals surface area (Å²) < 4.78 is 0. The van der Waals surface area contributed by atoms with Crippen LogP contribution in [0.3, 0.4) is 0 Å². The lowest BCUT2D eigenvalue weighted by atomic mass is 10.3. The fourth-order valence-corrected chi connectivity index (χ4v) is 1.98. The molecule has 1 heterocycles. The minimum absolute atomic E-state index is 0.520. The van der Waals surface area contributed by atoms with Crippen molar-refractivity contribution < 1.29 is 0 Å². The van der Waals surface area contributed by atoms with Crippen LogP contribution in [0.2, 0.25) is 0 Å². The van der Waals surface area contributed by atoms with Crippen LogP contribution in [-0.2, 0) is 0 Å². The van der Waals surface area contributed by atoms with Crippen LogP contribution in [0.25, 0.3) is 0 Å². The molecular weight excluding hydrogens is 218 g/mol. The molecule has 3 N–H and O–H groups in total. The summed E-state index contributed by atoms with van der Waals surface area (Å²) in [7, 11) is 0. The number of nitrogens with zero attached hydrogens (tertiary/aromatic N) is 1. The minimum atomic E-state index is 0.520. The van der Waals surface area contributed by atoms with E-state index in [2.05, 4.69) is 22.6 Å². The Morgan fingerprint density at radius 2 is 2.06 bits per heavy atom. The molecule has 0 spiro atoms. The molecule has 2 rings (SSSR count). The van der Waals surface area contributed by atoms with E-state index in [1.807, 2.05) is 30.3 Å².